The van der Waals surface area contributed by atoms with Gasteiger partial charge in [-0.2, -0.15) is 10.1 Å². The maximum Gasteiger partial charge on any atom is 0.243 e. The minimum absolute atomic E-state index is 0.0843. The third-order valence-electron chi connectivity index (χ3n) is 4.23. The lowest BCUT2D eigenvalue weighted by atomic mass is 10.2. The summed E-state index contributed by atoms with van der Waals surface area (Å²) < 4.78 is 42.5. The van der Waals surface area contributed by atoms with Crippen LogP contribution >= 0.6 is 0 Å². The van der Waals surface area contributed by atoms with Gasteiger partial charge in [0.2, 0.25) is 11.9 Å². The summed E-state index contributed by atoms with van der Waals surface area (Å²) in [6, 6.07) is 1.60. The number of hydrogen-bond acceptors (Lipinski definition) is 6. The topological polar surface area (TPSA) is 88.0 Å². The Hall–Kier alpha value is -3.63. The Morgan fingerprint density at radius 2 is 1.90 bits per heavy atom. The summed E-state index contributed by atoms with van der Waals surface area (Å²) in [7, 11) is 3.31. The van der Waals surface area contributed by atoms with Crippen molar-refractivity contribution in [3.05, 3.63) is 59.3 Å². The van der Waals surface area contributed by atoms with Crippen LogP contribution in [-0.2, 0) is 17.9 Å². The van der Waals surface area contributed by atoms with Crippen LogP contribution in [0.1, 0.15) is 11.1 Å². The Labute approximate surface area is 170 Å². The summed E-state index contributed by atoms with van der Waals surface area (Å²) in [5.74, 6) is -2.80. The number of anilines is 3. The second-order valence-electron chi connectivity index (χ2n) is 6.74. The van der Waals surface area contributed by atoms with Gasteiger partial charge < -0.3 is 15.5 Å². The first kappa shape index (κ1) is 21.1. The number of halogens is 3. The zero-order chi connectivity index (χ0) is 21.8. The van der Waals surface area contributed by atoms with Crippen LogP contribution in [0.4, 0.5) is 30.6 Å². The molecule has 8 nitrogen and oxygen atoms in total. The first-order chi connectivity index (χ1) is 14.2. The van der Waals surface area contributed by atoms with Gasteiger partial charge in [0.1, 0.15) is 18.2 Å². The third-order valence-corrected chi connectivity index (χ3v) is 4.23. The highest BCUT2D eigenvalue weighted by Crippen LogP contribution is 2.20. The first-order valence-electron chi connectivity index (χ1n) is 8.94. The van der Waals surface area contributed by atoms with E-state index < -0.39 is 23.0 Å². The fourth-order valence-corrected chi connectivity index (χ4v) is 2.51. The van der Waals surface area contributed by atoms with E-state index in [1.54, 1.807) is 27.2 Å². The van der Waals surface area contributed by atoms with E-state index in [0.29, 0.717) is 17.1 Å². The molecule has 2 heterocycles. The van der Waals surface area contributed by atoms with Crippen LogP contribution in [0.15, 0.2) is 30.7 Å². The molecular formula is C19H20F3N7O. The van der Waals surface area contributed by atoms with Crippen LogP contribution in [0.25, 0.3) is 0 Å². The number of likely N-dealkylation sites (N-methyl/N-ethyl adjacent to an activating group) is 1. The Bertz CT molecular complexity index is 1070. The van der Waals surface area contributed by atoms with Gasteiger partial charge in [0.05, 0.1) is 11.9 Å². The molecule has 2 aromatic heterocycles. The first-order valence-corrected chi connectivity index (χ1v) is 8.94. The fourth-order valence-electron chi connectivity index (χ4n) is 2.51. The van der Waals surface area contributed by atoms with Gasteiger partial charge in [-0.3, -0.25) is 9.48 Å². The highest BCUT2D eigenvalue weighted by Gasteiger charge is 2.15. The molecule has 3 aromatic rings. The van der Waals surface area contributed by atoms with E-state index in [4.69, 9.17) is 0 Å². The molecule has 158 valence electrons. The number of nitrogens with zero attached hydrogens (tertiary/aromatic N) is 5. The molecular weight excluding hydrogens is 399 g/mol. The summed E-state index contributed by atoms with van der Waals surface area (Å²) in [6.45, 7) is 1.51. The van der Waals surface area contributed by atoms with E-state index in [2.05, 4.69) is 25.7 Å². The van der Waals surface area contributed by atoms with Crippen molar-refractivity contribution in [3.8, 4) is 0 Å². The SMILES string of the molecule is Cc1cnc(Nc2cnn(CC(=O)N(C)C)c2)nc1NCc1c(F)ccc(F)c1F. The van der Waals surface area contributed by atoms with E-state index in [-0.39, 0.29) is 24.9 Å². The van der Waals surface area contributed by atoms with Crippen LogP contribution < -0.4 is 10.6 Å². The summed E-state index contributed by atoms with van der Waals surface area (Å²) >= 11 is 0. The highest BCUT2D eigenvalue weighted by atomic mass is 19.2. The number of rotatable bonds is 7. The highest BCUT2D eigenvalue weighted by molar-refractivity contribution is 5.75. The smallest absolute Gasteiger partial charge is 0.243 e. The molecule has 0 fully saturated rings. The summed E-state index contributed by atoms with van der Waals surface area (Å²) in [5.41, 5.74) is 0.762. The number of benzene rings is 1. The van der Waals surface area contributed by atoms with Gasteiger partial charge in [-0.25, -0.2) is 18.2 Å². The molecule has 3 rings (SSSR count). The minimum Gasteiger partial charge on any atom is -0.365 e. The lowest BCUT2D eigenvalue weighted by Gasteiger charge is -2.12. The molecule has 30 heavy (non-hydrogen) atoms. The number of carbonyl (C=O) groups excluding carboxylic acids is 1. The molecule has 0 aliphatic rings. The molecule has 2 N–H and O–H groups in total. The van der Waals surface area contributed by atoms with Crippen molar-refractivity contribution in [2.24, 2.45) is 0 Å². The molecule has 1 aromatic carbocycles. The molecule has 0 saturated carbocycles. The minimum atomic E-state index is -1.24. The predicted octanol–water partition coefficient (Wildman–Crippen LogP) is 2.84. The van der Waals surface area contributed by atoms with E-state index in [1.807, 2.05) is 0 Å². The molecule has 0 aliphatic heterocycles. The van der Waals surface area contributed by atoms with Crippen molar-refractivity contribution < 1.29 is 18.0 Å². The Morgan fingerprint density at radius 3 is 2.63 bits per heavy atom. The van der Waals surface area contributed by atoms with Crippen molar-refractivity contribution in [3.63, 3.8) is 0 Å². The van der Waals surface area contributed by atoms with Gasteiger partial charge in [-0.1, -0.05) is 0 Å². The average Bonchev–Trinajstić information content (AvgIpc) is 3.13. The zero-order valence-electron chi connectivity index (χ0n) is 16.6. The Morgan fingerprint density at radius 1 is 1.17 bits per heavy atom. The molecule has 11 heteroatoms. The zero-order valence-corrected chi connectivity index (χ0v) is 16.6. The monoisotopic (exact) mass is 419 g/mol. The maximum absolute atomic E-state index is 13.8. The lowest BCUT2D eigenvalue weighted by molar-refractivity contribution is -0.129. The molecule has 0 spiro atoms. The Balaban J connectivity index is 1.71. The number of aromatic nitrogens is 4. The summed E-state index contributed by atoms with van der Waals surface area (Å²) in [4.78, 5) is 21.6. The summed E-state index contributed by atoms with van der Waals surface area (Å²) in [5, 5.41) is 9.84. The molecule has 1 amide bonds. The van der Waals surface area contributed by atoms with Gasteiger partial charge in [-0.15, -0.1) is 0 Å². The Kier molecular flexibility index (Phi) is 6.19. The molecule has 0 atom stereocenters. The number of nitrogens with one attached hydrogen (secondary N) is 2. The second-order valence-corrected chi connectivity index (χ2v) is 6.74. The molecule has 0 saturated heterocycles. The van der Waals surface area contributed by atoms with E-state index in [9.17, 15) is 18.0 Å². The average molecular weight is 419 g/mol. The number of amides is 1. The third kappa shape index (κ3) is 4.85. The second kappa shape index (κ2) is 8.80. The van der Waals surface area contributed by atoms with Gasteiger partial charge in [0, 0.05) is 44.2 Å². The van der Waals surface area contributed by atoms with Crippen LogP contribution in [0.3, 0.4) is 0 Å². The van der Waals surface area contributed by atoms with Gasteiger partial charge in [0.25, 0.3) is 0 Å². The molecule has 0 radical (unpaired) electrons. The summed E-state index contributed by atoms with van der Waals surface area (Å²) in [6.07, 6.45) is 4.65. The van der Waals surface area contributed by atoms with E-state index in [0.717, 1.165) is 12.1 Å². The van der Waals surface area contributed by atoms with Crippen molar-refractivity contribution in [2.75, 3.05) is 24.7 Å². The van der Waals surface area contributed by atoms with Crippen molar-refractivity contribution in [1.29, 1.82) is 0 Å². The molecule has 0 aliphatic carbocycles. The van der Waals surface area contributed by atoms with Gasteiger partial charge in [0.15, 0.2) is 11.6 Å². The molecule has 0 bridgehead atoms. The van der Waals surface area contributed by atoms with Crippen LogP contribution in [0.5, 0.6) is 0 Å². The number of carbonyl (C=O) groups is 1. The van der Waals surface area contributed by atoms with Gasteiger partial charge in [-0.05, 0) is 19.1 Å². The van der Waals surface area contributed by atoms with Crippen molar-refractivity contribution in [1.82, 2.24) is 24.6 Å². The van der Waals surface area contributed by atoms with Crippen molar-refractivity contribution in [2.45, 2.75) is 20.0 Å². The normalized spacial score (nSPS) is 10.7. The standard InChI is InChI=1S/C19H20F3N7O/c1-11-6-24-19(26-12-7-25-29(9-12)10-16(30)28(2)3)27-18(11)23-8-13-14(20)4-5-15(21)17(13)22/h4-7,9H,8,10H2,1-3H3,(H2,23,24,26,27). The molecule has 0 unspecified atom stereocenters. The lowest BCUT2D eigenvalue weighted by Crippen LogP contribution is -2.26. The van der Waals surface area contributed by atoms with Crippen LogP contribution in [0.2, 0.25) is 0 Å². The van der Waals surface area contributed by atoms with E-state index >= 15 is 0 Å². The van der Waals surface area contributed by atoms with Crippen LogP contribution in [-0.4, -0.2) is 44.7 Å². The number of aryl methyl sites for hydroxylation is 1. The predicted molar refractivity (Wildman–Crippen MR) is 105 cm³/mol. The largest absolute Gasteiger partial charge is 0.365 e. The quantitative estimate of drug-likeness (QED) is 0.573. The van der Waals surface area contributed by atoms with E-state index in [1.165, 1.54) is 22.0 Å². The van der Waals surface area contributed by atoms with Crippen molar-refractivity contribution >= 4 is 23.4 Å². The maximum atomic E-state index is 13.8. The number of hydrogen-bond donors (Lipinski definition) is 2. The van der Waals surface area contributed by atoms with Crippen LogP contribution in [0, 0.1) is 24.4 Å². The van der Waals surface area contributed by atoms with Gasteiger partial charge >= 0.3 is 0 Å². The fraction of sp³-hybridized carbons (Fsp3) is 0.263.